The third-order valence-electron chi connectivity index (χ3n) is 3.25. The first-order valence-electron chi connectivity index (χ1n) is 6.47. The fourth-order valence-corrected chi connectivity index (χ4v) is 2.24. The van der Waals surface area contributed by atoms with E-state index in [0.29, 0.717) is 12.6 Å². The molecule has 5 nitrogen and oxygen atoms in total. The number of hydrogen-bond acceptors (Lipinski definition) is 4. The van der Waals surface area contributed by atoms with Crippen LogP contribution in [0.5, 0.6) is 5.75 Å². The number of rotatable bonds is 5. The predicted molar refractivity (Wildman–Crippen MR) is 68.8 cm³/mol. The van der Waals surface area contributed by atoms with Gasteiger partial charge in [-0.05, 0) is 37.9 Å². The van der Waals surface area contributed by atoms with E-state index in [2.05, 4.69) is 5.32 Å². The monoisotopic (exact) mass is 268 g/mol. The molecule has 6 heteroatoms. The molecule has 0 bridgehead atoms. The van der Waals surface area contributed by atoms with Gasteiger partial charge in [0, 0.05) is 6.04 Å². The Morgan fingerprint density at radius 1 is 1.47 bits per heavy atom. The molecule has 1 aliphatic rings. The van der Waals surface area contributed by atoms with Crippen LogP contribution < -0.4 is 10.1 Å². The van der Waals surface area contributed by atoms with Crippen molar-refractivity contribution in [3.05, 3.63) is 34.1 Å². The minimum absolute atomic E-state index is 0.127. The molecule has 0 aliphatic carbocycles. The van der Waals surface area contributed by atoms with Crippen molar-refractivity contribution in [1.82, 2.24) is 5.32 Å². The summed E-state index contributed by atoms with van der Waals surface area (Å²) in [7, 11) is 0. The van der Waals surface area contributed by atoms with E-state index in [1.807, 2.05) is 0 Å². The number of nitrogens with zero attached hydrogens (tertiary/aromatic N) is 1. The molecule has 19 heavy (non-hydrogen) atoms. The van der Waals surface area contributed by atoms with Gasteiger partial charge in [0.05, 0.1) is 17.6 Å². The number of ether oxygens (including phenoxy) is 1. The molecule has 0 radical (unpaired) electrons. The lowest BCUT2D eigenvalue weighted by Gasteiger charge is -2.23. The Labute approximate surface area is 110 Å². The summed E-state index contributed by atoms with van der Waals surface area (Å²) in [4.78, 5) is 10.2. The van der Waals surface area contributed by atoms with Crippen LogP contribution in [0.1, 0.15) is 25.7 Å². The largest absolute Gasteiger partial charge is 0.487 e. The van der Waals surface area contributed by atoms with Gasteiger partial charge in [0.2, 0.25) is 0 Å². The van der Waals surface area contributed by atoms with Crippen LogP contribution in [0.25, 0.3) is 0 Å². The number of nitro groups is 1. The second-order valence-electron chi connectivity index (χ2n) is 4.65. The molecule has 1 atom stereocenters. The van der Waals surface area contributed by atoms with Gasteiger partial charge in [-0.2, -0.15) is 0 Å². The Morgan fingerprint density at radius 2 is 2.32 bits per heavy atom. The fourth-order valence-electron chi connectivity index (χ4n) is 2.24. The first kappa shape index (κ1) is 13.7. The van der Waals surface area contributed by atoms with E-state index in [4.69, 9.17) is 4.74 Å². The van der Waals surface area contributed by atoms with Crippen LogP contribution >= 0.6 is 0 Å². The summed E-state index contributed by atoms with van der Waals surface area (Å²) in [5.41, 5.74) is -0.323. The molecule has 0 spiro atoms. The molecule has 0 amide bonds. The fraction of sp³-hybridized carbons (Fsp3) is 0.538. The summed E-state index contributed by atoms with van der Waals surface area (Å²) in [6.45, 7) is 1.41. The number of hydrogen-bond donors (Lipinski definition) is 1. The molecule has 2 rings (SSSR count). The van der Waals surface area contributed by atoms with E-state index in [1.54, 1.807) is 0 Å². The molecular weight excluding hydrogens is 251 g/mol. The zero-order chi connectivity index (χ0) is 13.7. The maximum absolute atomic E-state index is 13.0. The quantitative estimate of drug-likeness (QED) is 0.658. The molecule has 1 saturated heterocycles. The Kier molecular flexibility index (Phi) is 4.68. The summed E-state index contributed by atoms with van der Waals surface area (Å²) < 4.78 is 18.4. The molecule has 1 unspecified atom stereocenters. The van der Waals surface area contributed by atoms with Crippen LogP contribution in [-0.2, 0) is 0 Å². The Balaban J connectivity index is 1.89. The molecule has 1 aliphatic heterocycles. The maximum atomic E-state index is 13.0. The van der Waals surface area contributed by atoms with Crippen molar-refractivity contribution < 1.29 is 14.1 Å². The molecule has 104 valence electrons. The lowest BCUT2D eigenvalue weighted by molar-refractivity contribution is -0.386. The molecule has 1 aromatic rings. The van der Waals surface area contributed by atoms with E-state index >= 15 is 0 Å². The smallest absolute Gasteiger partial charge is 0.313 e. The van der Waals surface area contributed by atoms with Gasteiger partial charge in [0.15, 0.2) is 5.75 Å². The first-order valence-corrected chi connectivity index (χ1v) is 6.47. The van der Waals surface area contributed by atoms with Crippen LogP contribution in [0.2, 0.25) is 0 Å². The van der Waals surface area contributed by atoms with Crippen LogP contribution in [0.3, 0.4) is 0 Å². The Morgan fingerprint density at radius 3 is 3.00 bits per heavy atom. The van der Waals surface area contributed by atoms with E-state index < -0.39 is 10.7 Å². The molecular formula is C13H17FN2O3. The summed E-state index contributed by atoms with van der Waals surface area (Å²) >= 11 is 0. The van der Waals surface area contributed by atoms with Gasteiger partial charge in [0.25, 0.3) is 0 Å². The van der Waals surface area contributed by atoms with Crippen molar-refractivity contribution in [2.24, 2.45) is 0 Å². The summed E-state index contributed by atoms with van der Waals surface area (Å²) in [6, 6.07) is 3.77. The van der Waals surface area contributed by atoms with E-state index in [1.165, 1.54) is 25.0 Å². The number of nitro benzene ring substituents is 1. The van der Waals surface area contributed by atoms with Gasteiger partial charge in [-0.15, -0.1) is 0 Å². The standard InChI is InChI=1S/C13H17FN2O3/c14-10-4-5-13(12(9-10)16(17)18)19-8-6-11-3-1-2-7-15-11/h4-5,9,11,15H,1-3,6-8H2. The molecule has 1 heterocycles. The van der Waals surface area contributed by atoms with Crippen molar-refractivity contribution in [2.45, 2.75) is 31.7 Å². The van der Waals surface area contributed by atoms with Crippen molar-refractivity contribution in [1.29, 1.82) is 0 Å². The van der Waals surface area contributed by atoms with E-state index in [0.717, 1.165) is 25.5 Å². The Bertz CT molecular complexity index is 448. The first-order chi connectivity index (χ1) is 9.16. The summed E-state index contributed by atoms with van der Waals surface area (Å²) in [5.74, 6) is -0.504. The minimum atomic E-state index is -0.631. The molecule has 1 aromatic carbocycles. The van der Waals surface area contributed by atoms with Gasteiger partial charge < -0.3 is 10.1 Å². The van der Waals surface area contributed by atoms with Gasteiger partial charge in [-0.25, -0.2) is 4.39 Å². The second-order valence-corrected chi connectivity index (χ2v) is 4.65. The highest BCUT2D eigenvalue weighted by Crippen LogP contribution is 2.27. The second kappa shape index (κ2) is 6.47. The van der Waals surface area contributed by atoms with Crippen molar-refractivity contribution in [3.63, 3.8) is 0 Å². The lowest BCUT2D eigenvalue weighted by atomic mass is 10.0. The average Bonchev–Trinajstić information content (AvgIpc) is 2.41. The maximum Gasteiger partial charge on any atom is 0.313 e. The zero-order valence-corrected chi connectivity index (χ0v) is 10.6. The minimum Gasteiger partial charge on any atom is -0.487 e. The number of halogens is 1. The molecule has 1 fully saturated rings. The van der Waals surface area contributed by atoms with Crippen LogP contribution in [-0.4, -0.2) is 24.1 Å². The zero-order valence-electron chi connectivity index (χ0n) is 10.6. The van der Waals surface area contributed by atoms with Crippen molar-refractivity contribution >= 4 is 5.69 Å². The van der Waals surface area contributed by atoms with E-state index in [9.17, 15) is 14.5 Å². The highest BCUT2D eigenvalue weighted by molar-refractivity contribution is 5.46. The van der Waals surface area contributed by atoms with Crippen LogP contribution in [0.15, 0.2) is 18.2 Å². The van der Waals surface area contributed by atoms with Gasteiger partial charge in [-0.3, -0.25) is 10.1 Å². The third kappa shape index (κ3) is 3.89. The number of nitrogens with one attached hydrogen (secondary N) is 1. The Hall–Kier alpha value is -1.69. The average molecular weight is 268 g/mol. The van der Waals surface area contributed by atoms with Crippen molar-refractivity contribution in [3.8, 4) is 5.75 Å². The number of benzene rings is 1. The summed E-state index contributed by atoms with van der Waals surface area (Å²) in [5, 5.41) is 14.2. The normalized spacial score (nSPS) is 19.1. The number of piperidine rings is 1. The van der Waals surface area contributed by atoms with Gasteiger partial charge in [0.1, 0.15) is 5.82 Å². The highest BCUT2D eigenvalue weighted by Gasteiger charge is 2.17. The van der Waals surface area contributed by atoms with E-state index in [-0.39, 0.29) is 11.4 Å². The molecule has 1 N–H and O–H groups in total. The highest BCUT2D eigenvalue weighted by atomic mass is 19.1. The predicted octanol–water partition coefficient (Wildman–Crippen LogP) is 2.64. The lowest BCUT2D eigenvalue weighted by Crippen LogP contribution is -2.35. The van der Waals surface area contributed by atoms with Crippen LogP contribution in [0.4, 0.5) is 10.1 Å². The SMILES string of the molecule is O=[N+]([O-])c1cc(F)ccc1OCCC1CCCCN1. The topological polar surface area (TPSA) is 64.4 Å². The summed E-state index contributed by atoms with van der Waals surface area (Å²) in [6.07, 6.45) is 4.30. The third-order valence-corrected chi connectivity index (χ3v) is 3.25. The molecule has 0 aromatic heterocycles. The van der Waals surface area contributed by atoms with Crippen LogP contribution in [0, 0.1) is 15.9 Å². The van der Waals surface area contributed by atoms with Gasteiger partial charge in [-0.1, -0.05) is 6.42 Å². The van der Waals surface area contributed by atoms with Gasteiger partial charge >= 0.3 is 5.69 Å². The van der Waals surface area contributed by atoms with Crippen molar-refractivity contribution in [2.75, 3.05) is 13.2 Å². The molecule has 0 saturated carbocycles.